The molecule has 0 aliphatic carbocycles. The third-order valence-electron chi connectivity index (χ3n) is 3.77. The van der Waals surface area contributed by atoms with Gasteiger partial charge in [0, 0.05) is 36.3 Å². The number of nitrogens with one attached hydrogen (secondary N) is 1. The van der Waals surface area contributed by atoms with E-state index in [-0.39, 0.29) is 18.2 Å². The van der Waals surface area contributed by atoms with E-state index in [9.17, 15) is 13.2 Å². The van der Waals surface area contributed by atoms with Crippen molar-refractivity contribution < 1.29 is 13.2 Å². The molecule has 27 heavy (non-hydrogen) atoms. The van der Waals surface area contributed by atoms with E-state index >= 15 is 0 Å². The molecule has 4 aromatic rings. The molecule has 0 amide bonds. The zero-order valence-electron chi connectivity index (χ0n) is 13.7. The first-order chi connectivity index (χ1) is 13.0. The van der Waals surface area contributed by atoms with Crippen LogP contribution in [0.3, 0.4) is 0 Å². The SMILES string of the molecule is FC(F)(F)c1cc(NCc2ccnc3ccnn23)nc(-c2ccncc2)n1. The molecule has 0 spiro atoms. The van der Waals surface area contributed by atoms with Gasteiger partial charge in [0.05, 0.1) is 18.4 Å². The minimum atomic E-state index is -4.59. The average molecular weight is 371 g/mol. The molecule has 0 saturated carbocycles. The summed E-state index contributed by atoms with van der Waals surface area (Å²) < 4.78 is 41.3. The summed E-state index contributed by atoms with van der Waals surface area (Å²) in [5, 5.41) is 7.06. The molecule has 0 aliphatic heterocycles. The van der Waals surface area contributed by atoms with Crippen molar-refractivity contribution in [2.75, 3.05) is 5.32 Å². The first-order valence-electron chi connectivity index (χ1n) is 7.89. The van der Waals surface area contributed by atoms with E-state index < -0.39 is 11.9 Å². The molecule has 4 aromatic heterocycles. The van der Waals surface area contributed by atoms with Crippen LogP contribution >= 0.6 is 0 Å². The van der Waals surface area contributed by atoms with Gasteiger partial charge in [0.15, 0.2) is 17.2 Å². The summed E-state index contributed by atoms with van der Waals surface area (Å²) in [7, 11) is 0. The lowest BCUT2D eigenvalue weighted by atomic mass is 10.2. The summed E-state index contributed by atoms with van der Waals surface area (Å²) >= 11 is 0. The van der Waals surface area contributed by atoms with Gasteiger partial charge in [-0.2, -0.15) is 18.3 Å². The lowest BCUT2D eigenvalue weighted by molar-refractivity contribution is -0.141. The number of aromatic nitrogens is 6. The smallest absolute Gasteiger partial charge is 0.364 e. The second-order valence-electron chi connectivity index (χ2n) is 5.59. The Morgan fingerprint density at radius 3 is 2.56 bits per heavy atom. The van der Waals surface area contributed by atoms with Gasteiger partial charge in [-0.15, -0.1) is 0 Å². The largest absolute Gasteiger partial charge is 0.433 e. The van der Waals surface area contributed by atoms with Crippen molar-refractivity contribution >= 4 is 11.5 Å². The lowest BCUT2D eigenvalue weighted by Crippen LogP contribution is -2.13. The number of rotatable bonds is 4. The quantitative estimate of drug-likeness (QED) is 0.593. The van der Waals surface area contributed by atoms with Crippen LogP contribution in [0.15, 0.2) is 55.1 Å². The third-order valence-corrected chi connectivity index (χ3v) is 3.77. The Morgan fingerprint density at radius 2 is 1.78 bits per heavy atom. The van der Waals surface area contributed by atoms with E-state index in [1.165, 1.54) is 12.4 Å². The summed E-state index contributed by atoms with van der Waals surface area (Å²) in [6, 6.07) is 7.44. The topological polar surface area (TPSA) is 80.9 Å². The van der Waals surface area contributed by atoms with Crippen LogP contribution < -0.4 is 5.32 Å². The number of hydrogen-bond acceptors (Lipinski definition) is 6. The number of hydrogen-bond donors (Lipinski definition) is 1. The standard InChI is InChI=1S/C17H12F3N7/c18-17(19,20)13-9-14(26-16(25-13)11-1-5-21-6-2-11)23-10-12-3-7-22-15-4-8-24-27(12)15/h1-9H,10H2,(H,23,25,26). The van der Waals surface area contributed by atoms with Gasteiger partial charge in [-0.25, -0.2) is 19.5 Å². The predicted octanol–water partition coefficient (Wildman–Crippen LogP) is 3.21. The maximum absolute atomic E-state index is 13.2. The van der Waals surface area contributed by atoms with Crippen molar-refractivity contribution in [2.45, 2.75) is 12.7 Å². The molecule has 0 radical (unpaired) electrons. The Bertz CT molecular complexity index is 1080. The molecule has 0 unspecified atom stereocenters. The normalized spacial score (nSPS) is 11.7. The Labute approximate surface area is 151 Å². The van der Waals surface area contributed by atoms with Crippen molar-refractivity contribution in [2.24, 2.45) is 0 Å². The highest BCUT2D eigenvalue weighted by Crippen LogP contribution is 2.30. The molecule has 4 heterocycles. The highest BCUT2D eigenvalue weighted by atomic mass is 19.4. The molecule has 0 bridgehead atoms. The van der Waals surface area contributed by atoms with Gasteiger partial charge in [-0.05, 0) is 18.2 Å². The molecule has 0 aliphatic rings. The van der Waals surface area contributed by atoms with E-state index in [1.807, 2.05) is 0 Å². The van der Waals surface area contributed by atoms with Crippen molar-refractivity contribution in [1.82, 2.24) is 29.5 Å². The molecular weight excluding hydrogens is 359 g/mol. The van der Waals surface area contributed by atoms with Crippen LogP contribution in [0.5, 0.6) is 0 Å². The highest BCUT2D eigenvalue weighted by molar-refractivity contribution is 5.57. The molecular formula is C17H12F3N7. The van der Waals surface area contributed by atoms with Crippen LogP contribution in [-0.4, -0.2) is 29.5 Å². The second-order valence-corrected chi connectivity index (χ2v) is 5.59. The van der Waals surface area contributed by atoms with Crippen molar-refractivity contribution in [3.63, 3.8) is 0 Å². The van der Waals surface area contributed by atoms with Gasteiger partial charge in [0.1, 0.15) is 5.82 Å². The monoisotopic (exact) mass is 371 g/mol. The molecule has 0 atom stereocenters. The number of fused-ring (bicyclic) bond motifs is 1. The number of nitrogens with zero attached hydrogens (tertiary/aromatic N) is 6. The number of pyridine rings is 1. The first-order valence-corrected chi connectivity index (χ1v) is 7.89. The third kappa shape index (κ3) is 3.54. The fraction of sp³-hybridized carbons (Fsp3) is 0.118. The molecule has 7 nitrogen and oxygen atoms in total. The van der Waals surface area contributed by atoms with Crippen LogP contribution in [0.1, 0.15) is 11.4 Å². The maximum atomic E-state index is 13.2. The van der Waals surface area contributed by atoms with Gasteiger partial charge < -0.3 is 5.32 Å². The number of anilines is 1. The Morgan fingerprint density at radius 1 is 0.963 bits per heavy atom. The first kappa shape index (κ1) is 16.9. The number of alkyl halides is 3. The molecule has 136 valence electrons. The summed E-state index contributed by atoms with van der Waals surface area (Å²) in [6.07, 6.45) is 1.55. The Balaban J connectivity index is 1.68. The van der Waals surface area contributed by atoms with Crippen molar-refractivity contribution in [3.8, 4) is 11.4 Å². The van der Waals surface area contributed by atoms with Crippen LogP contribution in [0.2, 0.25) is 0 Å². The van der Waals surface area contributed by atoms with Gasteiger partial charge in [-0.3, -0.25) is 4.98 Å². The minimum absolute atomic E-state index is 0.0336. The molecule has 1 N–H and O–H groups in total. The van der Waals surface area contributed by atoms with Gasteiger partial charge >= 0.3 is 6.18 Å². The van der Waals surface area contributed by atoms with Crippen LogP contribution in [-0.2, 0) is 12.7 Å². The van der Waals surface area contributed by atoms with Crippen LogP contribution in [0.4, 0.5) is 19.0 Å². The molecule has 4 rings (SSSR count). The van der Waals surface area contributed by atoms with E-state index in [1.54, 1.807) is 41.2 Å². The minimum Gasteiger partial charge on any atom is -0.364 e. The highest BCUT2D eigenvalue weighted by Gasteiger charge is 2.33. The van der Waals surface area contributed by atoms with Crippen LogP contribution in [0.25, 0.3) is 17.0 Å². The predicted molar refractivity (Wildman–Crippen MR) is 90.6 cm³/mol. The molecule has 0 saturated heterocycles. The zero-order valence-corrected chi connectivity index (χ0v) is 13.7. The zero-order chi connectivity index (χ0) is 18.9. The van der Waals surface area contributed by atoms with Gasteiger partial charge in [-0.1, -0.05) is 0 Å². The summed E-state index contributed by atoms with van der Waals surface area (Å²) in [4.78, 5) is 15.8. The molecule has 10 heteroatoms. The molecule has 0 aromatic carbocycles. The maximum Gasteiger partial charge on any atom is 0.433 e. The van der Waals surface area contributed by atoms with Crippen molar-refractivity contribution in [1.29, 1.82) is 0 Å². The Hall–Kier alpha value is -3.56. The second kappa shape index (κ2) is 6.63. The average Bonchev–Trinajstić information content (AvgIpc) is 3.15. The van der Waals surface area contributed by atoms with Crippen molar-refractivity contribution in [3.05, 3.63) is 66.5 Å². The van der Waals surface area contributed by atoms with E-state index in [4.69, 9.17) is 0 Å². The fourth-order valence-corrected chi connectivity index (χ4v) is 2.51. The van der Waals surface area contributed by atoms with Gasteiger partial charge in [0.2, 0.25) is 0 Å². The Kier molecular flexibility index (Phi) is 4.15. The summed E-state index contributed by atoms with van der Waals surface area (Å²) in [5.41, 5.74) is 0.788. The molecule has 0 fully saturated rings. The fourth-order valence-electron chi connectivity index (χ4n) is 2.51. The summed E-state index contributed by atoms with van der Waals surface area (Å²) in [6.45, 7) is 0.213. The van der Waals surface area contributed by atoms with Gasteiger partial charge in [0.25, 0.3) is 0 Å². The van der Waals surface area contributed by atoms with E-state index in [0.29, 0.717) is 11.2 Å². The number of halogens is 3. The van der Waals surface area contributed by atoms with E-state index in [0.717, 1.165) is 11.8 Å². The van der Waals surface area contributed by atoms with E-state index in [2.05, 4.69) is 30.4 Å². The lowest BCUT2D eigenvalue weighted by Gasteiger charge is -2.12. The van der Waals surface area contributed by atoms with Crippen LogP contribution in [0, 0.1) is 0 Å². The summed E-state index contributed by atoms with van der Waals surface area (Å²) in [5.74, 6) is 0.0231.